The van der Waals surface area contributed by atoms with Gasteiger partial charge in [-0.3, -0.25) is 0 Å². The molecule has 1 fully saturated rings. The van der Waals surface area contributed by atoms with Crippen molar-refractivity contribution < 1.29 is 17.6 Å². The molecule has 0 nitrogen and oxygen atoms in total. The van der Waals surface area contributed by atoms with Crippen LogP contribution >= 0.6 is 0 Å². The smallest absolute Gasteiger partial charge is 0.194 e. The predicted molar refractivity (Wildman–Crippen MR) is 117 cm³/mol. The normalized spacial score (nSPS) is 21.0. The van der Waals surface area contributed by atoms with Crippen molar-refractivity contribution in [3.8, 4) is 11.1 Å². The second-order valence-corrected chi connectivity index (χ2v) is 9.31. The summed E-state index contributed by atoms with van der Waals surface area (Å²) in [5.41, 5.74) is 3.38. The summed E-state index contributed by atoms with van der Waals surface area (Å²) >= 11 is 0. The standard InChI is InChI=1S/C27H30F4/c1-2-3-17-4-6-18(7-5-17)8-9-19-10-11-20-13-23(24(28)14-21(20)12-19)22-15-25(29)27(31)26(30)16-22/h10,13-18H,2-9,11-12H2,1H3. The van der Waals surface area contributed by atoms with Crippen LogP contribution in [-0.4, -0.2) is 0 Å². The molecule has 0 N–H and O–H groups in total. The third kappa shape index (κ3) is 5.05. The van der Waals surface area contributed by atoms with Gasteiger partial charge in [-0.1, -0.05) is 57.1 Å². The Bertz CT molecular complexity index is 944. The molecule has 2 aliphatic rings. The van der Waals surface area contributed by atoms with Gasteiger partial charge in [-0.15, -0.1) is 0 Å². The largest absolute Gasteiger partial charge is 0.206 e. The predicted octanol–water partition coefficient (Wildman–Crippen LogP) is 8.32. The van der Waals surface area contributed by atoms with E-state index in [1.54, 1.807) is 6.07 Å². The molecule has 2 aliphatic carbocycles. The fraction of sp³-hybridized carbons (Fsp3) is 0.481. The highest BCUT2D eigenvalue weighted by molar-refractivity contribution is 5.66. The highest BCUT2D eigenvalue weighted by Crippen LogP contribution is 2.36. The van der Waals surface area contributed by atoms with Gasteiger partial charge in [0.05, 0.1) is 0 Å². The maximum atomic E-state index is 14.8. The average Bonchev–Trinajstić information content (AvgIpc) is 2.76. The molecule has 0 saturated heterocycles. The van der Waals surface area contributed by atoms with Gasteiger partial charge in [0.1, 0.15) is 5.82 Å². The lowest BCUT2D eigenvalue weighted by atomic mass is 9.77. The molecule has 2 aromatic rings. The van der Waals surface area contributed by atoms with E-state index < -0.39 is 23.3 Å². The molecule has 0 bridgehead atoms. The summed E-state index contributed by atoms with van der Waals surface area (Å²) in [5.74, 6) is -2.95. The summed E-state index contributed by atoms with van der Waals surface area (Å²) in [5, 5.41) is 0. The van der Waals surface area contributed by atoms with Gasteiger partial charge < -0.3 is 0 Å². The quantitative estimate of drug-likeness (QED) is 0.245. The van der Waals surface area contributed by atoms with Crippen LogP contribution in [0.25, 0.3) is 11.1 Å². The number of rotatable bonds is 6. The van der Waals surface area contributed by atoms with Crippen LogP contribution in [0, 0.1) is 35.1 Å². The Hall–Kier alpha value is -2.10. The zero-order valence-electron chi connectivity index (χ0n) is 18.1. The molecule has 0 aliphatic heterocycles. The lowest BCUT2D eigenvalue weighted by molar-refractivity contribution is 0.252. The van der Waals surface area contributed by atoms with E-state index in [1.165, 1.54) is 56.6 Å². The van der Waals surface area contributed by atoms with Crippen molar-refractivity contribution in [2.45, 2.75) is 71.1 Å². The van der Waals surface area contributed by atoms with Crippen LogP contribution in [-0.2, 0) is 12.8 Å². The minimum atomic E-state index is -1.53. The summed E-state index contributed by atoms with van der Waals surface area (Å²) in [6, 6.07) is 4.83. The van der Waals surface area contributed by atoms with Gasteiger partial charge in [-0.25, -0.2) is 17.6 Å². The Morgan fingerprint density at radius 2 is 1.42 bits per heavy atom. The molecule has 1 saturated carbocycles. The molecular formula is C27H30F4. The Balaban J connectivity index is 1.41. The topological polar surface area (TPSA) is 0 Å². The van der Waals surface area contributed by atoms with E-state index in [4.69, 9.17) is 0 Å². The molecule has 0 amide bonds. The number of hydrogen-bond acceptors (Lipinski definition) is 0. The second kappa shape index (κ2) is 9.58. The van der Waals surface area contributed by atoms with Crippen molar-refractivity contribution >= 4 is 0 Å². The lowest BCUT2D eigenvalue weighted by Crippen LogP contribution is -2.15. The van der Waals surface area contributed by atoms with Gasteiger partial charge in [0.15, 0.2) is 17.5 Å². The molecule has 0 spiro atoms. The maximum Gasteiger partial charge on any atom is 0.194 e. The monoisotopic (exact) mass is 430 g/mol. The first-order valence-corrected chi connectivity index (χ1v) is 11.6. The van der Waals surface area contributed by atoms with E-state index in [1.807, 2.05) is 0 Å². The summed E-state index contributed by atoms with van der Waals surface area (Å²) in [7, 11) is 0. The molecule has 0 atom stereocenters. The summed E-state index contributed by atoms with van der Waals surface area (Å²) < 4.78 is 55.2. The number of fused-ring (bicyclic) bond motifs is 1. The molecule has 166 valence electrons. The zero-order chi connectivity index (χ0) is 22.0. The Morgan fingerprint density at radius 3 is 2.06 bits per heavy atom. The van der Waals surface area contributed by atoms with Crippen LogP contribution in [0.1, 0.15) is 69.4 Å². The van der Waals surface area contributed by atoms with Gasteiger partial charge in [0, 0.05) is 5.56 Å². The molecule has 0 aromatic heterocycles. The van der Waals surface area contributed by atoms with Crippen LogP contribution in [0.2, 0.25) is 0 Å². The van der Waals surface area contributed by atoms with Crippen molar-refractivity contribution in [2.24, 2.45) is 11.8 Å². The molecule has 0 radical (unpaired) electrons. The van der Waals surface area contributed by atoms with E-state index in [-0.39, 0.29) is 11.1 Å². The molecule has 0 unspecified atom stereocenters. The van der Waals surface area contributed by atoms with E-state index in [0.29, 0.717) is 6.42 Å². The van der Waals surface area contributed by atoms with Crippen LogP contribution in [0.5, 0.6) is 0 Å². The van der Waals surface area contributed by atoms with Crippen LogP contribution in [0.4, 0.5) is 17.6 Å². The van der Waals surface area contributed by atoms with E-state index >= 15 is 0 Å². The molecular weight excluding hydrogens is 400 g/mol. The lowest BCUT2D eigenvalue weighted by Gasteiger charge is -2.29. The van der Waals surface area contributed by atoms with Gasteiger partial charge in [-0.05, 0) is 78.5 Å². The summed E-state index contributed by atoms with van der Waals surface area (Å²) in [4.78, 5) is 0. The Morgan fingerprint density at radius 1 is 0.774 bits per heavy atom. The molecule has 0 heterocycles. The van der Waals surface area contributed by atoms with E-state index in [0.717, 1.165) is 47.9 Å². The molecule has 2 aromatic carbocycles. The van der Waals surface area contributed by atoms with Gasteiger partial charge in [0.25, 0.3) is 0 Å². The van der Waals surface area contributed by atoms with Crippen molar-refractivity contribution in [3.63, 3.8) is 0 Å². The first kappa shape index (κ1) is 22.1. The van der Waals surface area contributed by atoms with Crippen molar-refractivity contribution in [1.82, 2.24) is 0 Å². The van der Waals surface area contributed by atoms with Crippen molar-refractivity contribution in [3.05, 3.63) is 70.3 Å². The zero-order valence-corrected chi connectivity index (χ0v) is 18.1. The number of hydrogen-bond donors (Lipinski definition) is 0. The number of allylic oxidation sites excluding steroid dienone is 2. The van der Waals surface area contributed by atoms with Gasteiger partial charge in [-0.2, -0.15) is 0 Å². The molecule has 4 rings (SSSR count). The fourth-order valence-corrected chi connectivity index (χ4v) is 5.31. The molecule has 4 heteroatoms. The number of benzene rings is 2. The Labute approximate surface area is 182 Å². The van der Waals surface area contributed by atoms with Crippen LogP contribution < -0.4 is 0 Å². The van der Waals surface area contributed by atoms with Gasteiger partial charge in [0.2, 0.25) is 0 Å². The third-order valence-corrected chi connectivity index (χ3v) is 7.15. The average molecular weight is 431 g/mol. The summed E-state index contributed by atoms with van der Waals surface area (Å²) in [6.07, 6.45) is 13.9. The minimum absolute atomic E-state index is 0.0187. The highest BCUT2D eigenvalue weighted by atomic mass is 19.2. The first-order chi connectivity index (χ1) is 14.9. The second-order valence-electron chi connectivity index (χ2n) is 9.31. The van der Waals surface area contributed by atoms with Crippen molar-refractivity contribution in [2.75, 3.05) is 0 Å². The summed E-state index contributed by atoms with van der Waals surface area (Å²) in [6.45, 7) is 2.27. The van der Waals surface area contributed by atoms with E-state index in [2.05, 4.69) is 13.0 Å². The SMILES string of the molecule is CCCC1CCC(CCC2=CCc3cc(-c4cc(F)c(F)c(F)c4)c(F)cc3C2)CC1. The Kier molecular flexibility index (Phi) is 6.83. The van der Waals surface area contributed by atoms with Crippen molar-refractivity contribution in [1.29, 1.82) is 0 Å². The third-order valence-electron chi connectivity index (χ3n) is 7.15. The minimum Gasteiger partial charge on any atom is -0.206 e. The highest BCUT2D eigenvalue weighted by Gasteiger charge is 2.22. The van der Waals surface area contributed by atoms with Crippen LogP contribution in [0.3, 0.4) is 0 Å². The first-order valence-electron chi connectivity index (χ1n) is 11.6. The van der Waals surface area contributed by atoms with Gasteiger partial charge >= 0.3 is 0 Å². The fourth-order valence-electron chi connectivity index (χ4n) is 5.31. The van der Waals surface area contributed by atoms with Crippen LogP contribution in [0.15, 0.2) is 35.9 Å². The molecule has 31 heavy (non-hydrogen) atoms. The number of halogens is 4. The van der Waals surface area contributed by atoms with E-state index in [9.17, 15) is 17.6 Å². The maximum absolute atomic E-state index is 14.8.